The zero-order chi connectivity index (χ0) is 38.8. The van der Waals surface area contributed by atoms with Crippen LogP contribution in [0.1, 0.15) is 90.2 Å². The zero-order valence-electron chi connectivity index (χ0n) is 31.9. The van der Waals surface area contributed by atoms with Crippen LogP contribution in [-0.2, 0) is 20.4 Å². The molecule has 6 rings (SSSR count). The number of rotatable bonds is 17. The number of nitro benzene ring substituents is 2. The van der Waals surface area contributed by atoms with Gasteiger partial charge in [-0.15, -0.1) is 0 Å². The van der Waals surface area contributed by atoms with Crippen molar-refractivity contribution in [3.63, 3.8) is 0 Å². The van der Waals surface area contributed by atoms with E-state index in [1.54, 1.807) is 30.3 Å². The lowest BCUT2D eigenvalue weighted by Crippen LogP contribution is -2.38. The Morgan fingerprint density at radius 3 is 1.51 bits per heavy atom. The number of nitrogens with one attached hydrogen (secondary N) is 1. The van der Waals surface area contributed by atoms with Gasteiger partial charge in [0.1, 0.15) is 0 Å². The third-order valence-electron chi connectivity index (χ3n) is 12.0. The molecule has 4 unspecified atom stereocenters. The summed E-state index contributed by atoms with van der Waals surface area (Å²) in [5.74, 6) is 2.04. The summed E-state index contributed by atoms with van der Waals surface area (Å²) in [5, 5.41) is 24.8. The van der Waals surface area contributed by atoms with Crippen molar-refractivity contribution in [2.75, 3.05) is 52.4 Å². The number of nitrogens with two attached hydrogens (primary N) is 1. The van der Waals surface area contributed by atoms with Gasteiger partial charge in [-0.1, -0.05) is 76.6 Å². The zero-order valence-corrected chi connectivity index (χ0v) is 32.7. The molecule has 4 fully saturated rings. The van der Waals surface area contributed by atoms with Gasteiger partial charge < -0.3 is 20.9 Å². The van der Waals surface area contributed by atoms with E-state index >= 15 is 0 Å². The lowest BCUT2D eigenvalue weighted by Gasteiger charge is -2.27. The highest BCUT2D eigenvalue weighted by Gasteiger charge is 2.69. The van der Waals surface area contributed by atoms with Crippen molar-refractivity contribution in [2.24, 2.45) is 29.4 Å². The van der Waals surface area contributed by atoms with Gasteiger partial charge >= 0.3 is 0 Å². The minimum atomic E-state index is -0.361. The summed E-state index contributed by atoms with van der Waals surface area (Å²) in [4.78, 5) is 47.3. The second-order valence-electron chi connectivity index (χ2n) is 15.3. The second kappa shape index (κ2) is 19.2. The summed E-state index contributed by atoms with van der Waals surface area (Å²) in [7, 11) is 0. The van der Waals surface area contributed by atoms with Gasteiger partial charge in [0.25, 0.3) is 11.4 Å². The molecule has 13 heteroatoms. The number of nitro groups is 2. The Morgan fingerprint density at radius 2 is 1.15 bits per heavy atom. The molecular formula is C40H59ClN6O6. The van der Waals surface area contributed by atoms with E-state index in [0.29, 0.717) is 36.8 Å². The molecule has 12 nitrogen and oxygen atoms in total. The Balaban J connectivity index is 0.000000216. The fraction of sp³-hybridized carbons (Fsp3) is 0.650. The van der Waals surface area contributed by atoms with Crippen molar-refractivity contribution >= 4 is 34.1 Å². The first-order valence-corrected chi connectivity index (χ1v) is 19.8. The van der Waals surface area contributed by atoms with Gasteiger partial charge in [-0.25, -0.2) is 0 Å². The molecule has 2 aliphatic heterocycles. The normalized spacial score (nSPS) is 26.6. The predicted octanol–water partition coefficient (Wildman–Crippen LogP) is 6.82. The van der Waals surface area contributed by atoms with Crippen LogP contribution in [0.15, 0.2) is 48.5 Å². The molecule has 1 amide bonds. The van der Waals surface area contributed by atoms with E-state index in [-0.39, 0.29) is 43.2 Å². The molecule has 4 aliphatic rings. The van der Waals surface area contributed by atoms with Gasteiger partial charge in [0, 0.05) is 88.2 Å². The van der Waals surface area contributed by atoms with Crippen LogP contribution in [0, 0.1) is 43.9 Å². The largest absolute Gasteiger partial charge is 0.355 e. The maximum absolute atomic E-state index is 11.5. The summed E-state index contributed by atoms with van der Waals surface area (Å²) in [6.45, 7) is 15.0. The number of benzene rings is 2. The van der Waals surface area contributed by atoms with Crippen LogP contribution in [-0.4, -0.2) is 83.2 Å². The van der Waals surface area contributed by atoms with Crippen molar-refractivity contribution in [3.8, 4) is 0 Å². The maximum atomic E-state index is 11.5. The molecule has 2 saturated carbocycles. The monoisotopic (exact) mass is 754 g/mol. The van der Waals surface area contributed by atoms with E-state index < -0.39 is 0 Å². The van der Waals surface area contributed by atoms with Crippen LogP contribution >= 0.6 is 11.6 Å². The average Bonchev–Trinajstić information content (AvgIpc) is 3.70. The summed E-state index contributed by atoms with van der Waals surface area (Å²) in [6.07, 6.45) is 10.2. The van der Waals surface area contributed by atoms with Gasteiger partial charge in [-0.2, -0.15) is 0 Å². The minimum Gasteiger partial charge on any atom is -0.355 e. The lowest BCUT2D eigenvalue weighted by atomic mass is 9.89. The van der Waals surface area contributed by atoms with E-state index in [4.69, 9.17) is 5.73 Å². The molecule has 2 aliphatic carbocycles. The quantitative estimate of drug-likeness (QED) is 0.0764. The Labute approximate surface area is 319 Å². The number of fused-ring (bicyclic) bond motifs is 2. The molecule has 2 heterocycles. The summed E-state index contributed by atoms with van der Waals surface area (Å²) in [5.41, 5.74) is 8.32. The highest BCUT2D eigenvalue weighted by molar-refractivity contribution is 6.62. The maximum Gasteiger partial charge on any atom is 0.269 e. The van der Waals surface area contributed by atoms with Crippen LogP contribution in [0.2, 0.25) is 0 Å². The number of unbranched alkanes of at least 4 members (excludes halogenated alkanes) is 6. The third-order valence-corrected chi connectivity index (χ3v) is 12.0. The predicted molar refractivity (Wildman–Crippen MR) is 209 cm³/mol. The number of non-ortho nitro benzene ring substituents is 2. The smallest absolute Gasteiger partial charge is 0.269 e. The van der Waals surface area contributed by atoms with Gasteiger partial charge in [-0.3, -0.25) is 29.8 Å². The van der Waals surface area contributed by atoms with Crippen LogP contribution < -0.4 is 11.1 Å². The molecule has 2 saturated heterocycles. The fourth-order valence-electron chi connectivity index (χ4n) is 9.25. The van der Waals surface area contributed by atoms with E-state index in [1.165, 1.54) is 77.8 Å². The summed E-state index contributed by atoms with van der Waals surface area (Å²) >= 11 is 4.64. The topological polar surface area (TPSA) is 165 Å². The Kier molecular flexibility index (Phi) is 15.3. The molecule has 53 heavy (non-hydrogen) atoms. The van der Waals surface area contributed by atoms with Crippen LogP contribution in [0.3, 0.4) is 0 Å². The third kappa shape index (κ3) is 10.2. The molecule has 4 atom stereocenters. The van der Waals surface area contributed by atoms with Gasteiger partial charge in [0.05, 0.1) is 9.85 Å². The molecular weight excluding hydrogens is 696 g/mol. The molecule has 2 aromatic carbocycles. The number of halogens is 1. The molecule has 0 aromatic heterocycles. The number of likely N-dealkylation sites (tertiary alicyclic amines) is 2. The first-order chi connectivity index (χ1) is 25.3. The fourth-order valence-corrected chi connectivity index (χ4v) is 9.25. The van der Waals surface area contributed by atoms with Crippen LogP contribution in [0.25, 0.3) is 0 Å². The Hall–Kier alpha value is -3.45. The number of carbonyl (C=O) groups is 2. The van der Waals surface area contributed by atoms with Crippen molar-refractivity contribution in [1.82, 2.24) is 15.1 Å². The summed E-state index contributed by atoms with van der Waals surface area (Å²) < 4.78 is 0. The van der Waals surface area contributed by atoms with Gasteiger partial charge in [-0.05, 0) is 72.3 Å². The number of piperidine rings is 2. The van der Waals surface area contributed by atoms with Crippen molar-refractivity contribution in [3.05, 3.63) is 79.9 Å². The van der Waals surface area contributed by atoms with Crippen LogP contribution in [0.4, 0.5) is 11.4 Å². The molecule has 0 spiro atoms. The van der Waals surface area contributed by atoms with E-state index in [0.717, 1.165) is 43.9 Å². The van der Waals surface area contributed by atoms with Crippen molar-refractivity contribution < 1.29 is 19.4 Å². The molecule has 292 valence electrons. The van der Waals surface area contributed by atoms with Gasteiger partial charge in [0.2, 0.25) is 11.1 Å². The first-order valence-electron chi connectivity index (χ1n) is 19.4. The standard InChI is InChI=1S/C20H29N3O3.C18H27N3O2.C2H3ClO/c1-3-4-5-6-10-22-12-18-19(13-22)20(18,14-21-15(2)24)16-8-7-9-17(11-16)23(25)26;1-2-3-4-5-9-20-11-16-17(12-20)18(16,13-19)14-7-6-8-15(10-14)21(22)23;1-2(3)4/h7-9,11,18-19H,3-6,10,12-14H2,1-2H3,(H,21,24);6-8,10,16-17H,2-5,9,11-13,19H2,1H3;1H3. The number of amides is 1. The summed E-state index contributed by atoms with van der Waals surface area (Å²) in [6, 6.07) is 14.1. The Bertz CT molecular complexity index is 1550. The highest BCUT2D eigenvalue weighted by Crippen LogP contribution is 2.64. The second-order valence-corrected chi connectivity index (χ2v) is 15.9. The van der Waals surface area contributed by atoms with Crippen LogP contribution in [0.5, 0.6) is 0 Å². The van der Waals surface area contributed by atoms with E-state index in [1.807, 2.05) is 12.1 Å². The lowest BCUT2D eigenvalue weighted by molar-refractivity contribution is -0.385. The number of hydrogen-bond acceptors (Lipinski definition) is 9. The SMILES string of the molecule is CC(=O)Cl.CCCCCCN1CC2C(C1)C2(CN)c1cccc([N+](=O)[O-])c1.CCCCCCN1CC2C(C1)C2(CNC(C)=O)c1cccc([N+](=O)[O-])c1. The first kappa shape index (κ1) is 42.3. The Morgan fingerprint density at radius 1 is 0.755 bits per heavy atom. The number of hydrogen-bond donors (Lipinski definition) is 2. The molecule has 0 bridgehead atoms. The van der Waals surface area contributed by atoms with Gasteiger partial charge in [0.15, 0.2) is 0 Å². The van der Waals surface area contributed by atoms with E-state index in [9.17, 15) is 29.8 Å². The van der Waals surface area contributed by atoms with Crippen molar-refractivity contribution in [1.29, 1.82) is 0 Å². The molecule has 0 radical (unpaired) electrons. The average molecular weight is 755 g/mol. The van der Waals surface area contributed by atoms with E-state index in [2.05, 4.69) is 40.6 Å². The number of nitrogens with zero attached hydrogens (tertiary/aromatic N) is 4. The molecule has 2 aromatic rings. The number of carbonyl (C=O) groups excluding carboxylic acids is 2. The van der Waals surface area contributed by atoms with Crippen molar-refractivity contribution in [2.45, 2.75) is 89.9 Å². The minimum absolute atomic E-state index is 0.0219. The highest BCUT2D eigenvalue weighted by atomic mass is 35.5. The molecule has 3 N–H and O–H groups in total.